The summed E-state index contributed by atoms with van der Waals surface area (Å²) in [7, 11) is 0. The maximum Gasteiger partial charge on any atom is 0.217 e. The first-order valence-electron chi connectivity index (χ1n) is 5.02. The summed E-state index contributed by atoms with van der Waals surface area (Å²) >= 11 is 0. The number of aliphatic hydroxyl groups excluding tert-OH is 2. The Morgan fingerprint density at radius 1 is 1.44 bits per heavy atom. The predicted molar refractivity (Wildman–Crippen MR) is 58.7 cm³/mol. The molecule has 0 aliphatic rings. The highest BCUT2D eigenvalue weighted by Crippen LogP contribution is 2.11. The van der Waals surface area contributed by atoms with Crippen LogP contribution < -0.4 is 5.32 Å². The highest BCUT2D eigenvalue weighted by Gasteiger charge is 2.30. The number of carbonyl (C=O) groups is 1. The van der Waals surface area contributed by atoms with E-state index >= 15 is 0 Å². The Hall–Kier alpha value is -1.46. The second kappa shape index (κ2) is 5.58. The zero-order valence-electron chi connectivity index (χ0n) is 9.18. The molecule has 1 aromatic heterocycles. The second-order valence-corrected chi connectivity index (χ2v) is 3.78. The number of carbonyl (C=O) groups excluding carboxylic acids is 1. The molecular formula is C11H16N2O3. The van der Waals surface area contributed by atoms with Crippen LogP contribution in [-0.2, 0) is 11.2 Å². The van der Waals surface area contributed by atoms with Crippen LogP contribution in [0.25, 0.3) is 0 Å². The first-order chi connectivity index (χ1) is 7.62. The number of nitrogens with zero attached hydrogens (tertiary/aromatic N) is 1. The molecule has 5 heteroatoms. The molecule has 0 bridgehead atoms. The first kappa shape index (κ1) is 12.6. The quantitative estimate of drug-likeness (QED) is 0.628. The summed E-state index contributed by atoms with van der Waals surface area (Å²) in [5, 5.41) is 21.1. The molecule has 0 saturated carbocycles. The van der Waals surface area contributed by atoms with Gasteiger partial charge in [0, 0.05) is 25.2 Å². The van der Waals surface area contributed by atoms with Crippen molar-refractivity contribution in [1.29, 1.82) is 0 Å². The minimum Gasteiger partial charge on any atom is -0.394 e. The molecule has 3 N–H and O–H groups in total. The number of aliphatic hydroxyl groups is 2. The van der Waals surface area contributed by atoms with Crippen LogP contribution in [0.15, 0.2) is 24.4 Å². The molecule has 1 amide bonds. The SMILES string of the molecule is CC(=O)NC(CO)(CO)Cc1ccccn1. The largest absolute Gasteiger partial charge is 0.394 e. The van der Waals surface area contributed by atoms with E-state index in [1.165, 1.54) is 6.92 Å². The Bertz CT molecular complexity index is 336. The lowest BCUT2D eigenvalue weighted by Gasteiger charge is -2.30. The molecule has 1 aromatic rings. The average molecular weight is 224 g/mol. The number of rotatable bonds is 5. The molecule has 1 heterocycles. The van der Waals surface area contributed by atoms with Gasteiger partial charge >= 0.3 is 0 Å². The van der Waals surface area contributed by atoms with E-state index in [0.29, 0.717) is 12.1 Å². The summed E-state index contributed by atoms with van der Waals surface area (Å²) in [6.45, 7) is 0.678. The van der Waals surface area contributed by atoms with Crippen molar-refractivity contribution in [2.45, 2.75) is 18.9 Å². The normalized spacial score (nSPS) is 11.2. The molecule has 1 rings (SSSR count). The average Bonchev–Trinajstić information content (AvgIpc) is 2.29. The van der Waals surface area contributed by atoms with Crippen LogP contribution in [0, 0.1) is 0 Å². The smallest absolute Gasteiger partial charge is 0.217 e. The molecule has 0 fully saturated rings. The van der Waals surface area contributed by atoms with Gasteiger partial charge in [-0.2, -0.15) is 0 Å². The maximum atomic E-state index is 11.0. The van der Waals surface area contributed by atoms with Crippen LogP contribution in [0.3, 0.4) is 0 Å². The predicted octanol–water partition coefficient (Wildman–Crippen LogP) is -0.516. The van der Waals surface area contributed by atoms with Crippen LogP contribution in [0.5, 0.6) is 0 Å². The molecular weight excluding hydrogens is 208 g/mol. The Kier molecular flexibility index (Phi) is 4.39. The van der Waals surface area contributed by atoms with Crippen LogP contribution in [0.4, 0.5) is 0 Å². The van der Waals surface area contributed by atoms with Gasteiger partial charge in [-0.3, -0.25) is 9.78 Å². The summed E-state index contributed by atoms with van der Waals surface area (Å²) < 4.78 is 0. The van der Waals surface area contributed by atoms with Gasteiger partial charge in [0.1, 0.15) is 0 Å². The molecule has 0 spiro atoms. The Labute approximate surface area is 94.1 Å². The fourth-order valence-corrected chi connectivity index (χ4v) is 1.51. The van der Waals surface area contributed by atoms with E-state index < -0.39 is 5.54 Å². The van der Waals surface area contributed by atoms with Gasteiger partial charge in [-0.1, -0.05) is 6.07 Å². The zero-order chi connectivity index (χ0) is 12.0. The van der Waals surface area contributed by atoms with Crippen molar-refractivity contribution in [2.24, 2.45) is 0 Å². The van der Waals surface area contributed by atoms with Gasteiger partial charge in [-0.05, 0) is 12.1 Å². The van der Waals surface area contributed by atoms with E-state index in [1.807, 2.05) is 6.07 Å². The van der Waals surface area contributed by atoms with E-state index in [-0.39, 0.29) is 19.1 Å². The number of pyridine rings is 1. The molecule has 0 radical (unpaired) electrons. The standard InChI is InChI=1S/C11H16N2O3/c1-9(16)13-11(7-14,8-15)6-10-4-2-3-5-12-10/h2-5,14-15H,6-8H2,1H3,(H,13,16). The van der Waals surface area contributed by atoms with Crippen LogP contribution in [0.1, 0.15) is 12.6 Å². The third-order valence-corrected chi connectivity index (χ3v) is 2.29. The van der Waals surface area contributed by atoms with E-state index in [4.69, 9.17) is 0 Å². The lowest BCUT2D eigenvalue weighted by molar-refractivity contribution is -0.122. The molecule has 0 aliphatic heterocycles. The number of amides is 1. The van der Waals surface area contributed by atoms with Crippen molar-refractivity contribution in [3.63, 3.8) is 0 Å². The highest BCUT2D eigenvalue weighted by molar-refractivity contribution is 5.73. The minimum absolute atomic E-state index is 0.292. The third kappa shape index (κ3) is 3.29. The van der Waals surface area contributed by atoms with Crippen LogP contribution in [0.2, 0.25) is 0 Å². The molecule has 16 heavy (non-hydrogen) atoms. The molecule has 88 valence electrons. The van der Waals surface area contributed by atoms with Gasteiger partial charge in [-0.15, -0.1) is 0 Å². The minimum atomic E-state index is -1.04. The highest BCUT2D eigenvalue weighted by atomic mass is 16.3. The molecule has 0 aliphatic carbocycles. The summed E-state index contributed by atoms with van der Waals surface area (Å²) in [6.07, 6.45) is 1.92. The van der Waals surface area contributed by atoms with E-state index in [9.17, 15) is 15.0 Å². The first-order valence-corrected chi connectivity index (χ1v) is 5.02. The summed E-state index contributed by atoms with van der Waals surface area (Å²) in [5.41, 5.74) is -0.334. The van der Waals surface area contributed by atoms with Gasteiger partial charge in [0.15, 0.2) is 0 Å². The van der Waals surface area contributed by atoms with Crippen molar-refractivity contribution < 1.29 is 15.0 Å². The van der Waals surface area contributed by atoms with Crippen LogP contribution in [-0.4, -0.2) is 39.9 Å². The Balaban J connectivity index is 2.82. The molecule has 5 nitrogen and oxygen atoms in total. The molecule has 0 atom stereocenters. The number of hydrogen-bond donors (Lipinski definition) is 3. The third-order valence-electron chi connectivity index (χ3n) is 2.29. The second-order valence-electron chi connectivity index (χ2n) is 3.78. The monoisotopic (exact) mass is 224 g/mol. The molecule has 0 aromatic carbocycles. The summed E-state index contributed by atoms with van der Waals surface area (Å²) in [4.78, 5) is 15.1. The molecule has 0 saturated heterocycles. The summed E-state index contributed by atoms with van der Waals surface area (Å²) in [6, 6.07) is 5.37. The number of hydrogen-bond acceptors (Lipinski definition) is 4. The van der Waals surface area contributed by atoms with E-state index in [0.717, 1.165) is 0 Å². The topological polar surface area (TPSA) is 82.5 Å². The van der Waals surface area contributed by atoms with E-state index in [1.54, 1.807) is 18.3 Å². The van der Waals surface area contributed by atoms with Crippen LogP contribution >= 0.6 is 0 Å². The van der Waals surface area contributed by atoms with Gasteiger partial charge < -0.3 is 15.5 Å². The Morgan fingerprint density at radius 3 is 2.56 bits per heavy atom. The van der Waals surface area contributed by atoms with Crippen molar-refractivity contribution in [3.05, 3.63) is 30.1 Å². The number of aromatic nitrogens is 1. The fraction of sp³-hybridized carbons (Fsp3) is 0.455. The van der Waals surface area contributed by atoms with Crippen molar-refractivity contribution in [2.75, 3.05) is 13.2 Å². The fourth-order valence-electron chi connectivity index (χ4n) is 1.51. The van der Waals surface area contributed by atoms with Gasteiger partial charge in [0.2, 0.25) is 5.91 Å². The van der Waals surface area contributed by atoms with Gasteiger partial charge in [0.25, 0.3) is 0 Å². The lowest BCUT2D eigenvalue weighted by Crippen LogP contribution is -2.55. The lowest BCUT2D eigenvalue weighted by atomic mass is 9.95. The summed E-state index contributed by atoms with van der Waals surface area (Å²) in [5.74, 6) is -0.293. The van der Waals surface area contributed by atoms with E-state index in [2.05, 4.69) is 10.3 Å². The van der Waals surface area contributed by atoms with Gasteiger partial charge in [0.05, 0.1) is 18.8 Å². The van der Waals surface area contributed by atoms with Crippen molar-refractivity contribution >= 4 is 5.91 Å². The zero-order valence-corrected chi connectivity index (χ0v) is 9.18. The Morgan fingerprint density at radius 2 is 2.12 bits per heavy atom. The molecule has 0 unspecified atom stereocenters. The van der Waals surface area contributed by atoms with Crippen molar-refractivity contribution in [3.8, 4) is 0 Å². The maximum absolute atomic E-state index is 11.0. The number of nitrogens with one attached hydrogen (secondary N) is 1. The van der Waals surface area contributed by atoms with Gasteiger partial charge in [-0.25, -0.2) is 0 Å². The van der Waals surface area contributed by atoms with Crippen molar-refractivity contribution in [1.82, 2.24) is 10.3 Å².